The molecule has 0 unspecified atom stereocenters. The molecule has 0 saturated carbocycles. The Morgan fingerprint density at radius 2 is 1.93 bits per heavy atom. The molecule has 0 aliphatic carbocycles. The smallest absolute Gasteiger partial charge is 0.137 e. The third-order valence-electron chi connectivity index (χ3n) is 1.27. The second kappa shape index (κ2) is 12.2. The van der Waals surface area contributed by atoms with Gasteiger partial charge in [0.1, 0.15) is 6.73 Å². The maximum atomic E-state index is 5.22. The van der Waals surface area contributed by atoms with E-state index in [9.17, 15) is 0 Å². The highest BCUT2D eigenvalue weighted by molar-refractivity contribution is 6.15. The van der Waals surface area contributed by atoms with Gasteiger partial charge in [0.15, 0.2) is 0 Å². The lowest BCUT2D eigenvalue weighted by molar-refractivity contribution is 0.150. The van der Waals surface area contributed by atoms with Gasteiger partial charge in [-0.05, 0) is 6.92 Å². The number of hydrogen-bond acceptors (Lipinski definition) is 5. The molecule has 0 aromatic heterocycles. The Morgan fingerprint density at radius 3 is 2.64 bits per heavy atom. The molecule has 0 saturated heterocycles. The predicted molar refractivity (Wildman–Crippen MR) is 58.2 cm³/mol. The van der Waals surface area contributed by atoms with Crippen molar-refractivity contribution in [2.75, 3.05) is 39.6 Å². The number of aliphatic imine (C=N–C) groups is 2. The Kier molecular flexibility index (Phi) is 11.5. The van der Waals surface area contributed by atoms with E-state index in [2.05, 4.69) is 9.98 Å². The maximum Gasteiger partial charge on any atom is 0.137 e. The van der Waals surface area contributed by atoms with E-state index in [4.69, 9.17) is 15.2 Å². The van der Waals surface area contributed by atoms with E-state index in [1.165, 1.54) is 0 Å². The summed E-state index contributed by atoms with van der Waals surface area (Å²) in [5.41, 5.74) is 5.22. The molecule has 82 valence electrons. The van der Waals surface area contributed by atoms with E-state index in [0.717, 1.165) is 6.61 Å². The van der Waals surface area contributed by atoms with Crippen molar-refractivity contribution in [1.82, 2.24) is 0 Å². The summed E-state index contributed by atoms with van der Waals surface area (Å²) in [5.74, 6) is 0. The molecule has 0 atom stereocenters. The molecule has 0 aromatic carbocycles. The van der Waals surface area contributed by atoms with Gasteiger partial charge in [0.2, 0.25) is 0 Å². The van der Waals surface area contributed by atoms with Gasteiger partial charge in [0.05, 0.1) is 19.8 Å². The molecular formula is C9H19N3O2. The zero-order chi connectivity index (χ0) is 10.5. The van der Waals surface area contributed by atoms with Crippen molar-refractivity contribution in [2.24, 2.45) is 15.7 Å². The van der Waals surface area contributed by atoms with Crippen LogP contribution in [0.25, 0.3) is 0 Å². The largest absolute Gasteiger partial charge is 0.380 e. The lowest BCUT2D eigenvalue weighted by Crippen LogP contribution is -2.08. The summed E-state index contributed by atoms with van der Waals surface area (Å²) in [4.78, 5) is 7.98. The van der Waals surface area contributed by atoms with Crippen molar-refractivity contribution in [3.63, 3.8) is 0 Å². The summed E-state index contributed by atoms with van der Waals surface area (Å²) < 4.78 is 10.1. The van der Waals surface area contributed by atoms with Crippen molar-refractivity contribution < 1.29 is 9.47 Å². The molecule has 0 bridgehead atoms. The normalized spacial score (nSPS) is 11.9. The first-order valence-corrected chi connectivity index (χ1v) is 4.75. The molecule has 0 fully saturated rings. The van der Waals surface area contributed by atoms with Gasteiger partial charge in [-0.25, -0.2) is 0 Å². The fourth-order valence-electron chi connectivity index (χ4n) is 0.674. The fraction of sp³-hybridized carbons (Fsp3) is 0.778. The Labute approximate surface area is 85.0 Å². The SMILES string of the molecule is CCOCCN=CC=NCOCCN. The highest BCUT2D eigenvalue weighted by Gasteiger charge is 1.80. The summed E-state index contributed by atoms with van der Waals surface area (Å²) in [5, 5.41) is 0. The quantitative estimate of drug-likeness (QED) is 0.425. The van der Waals surface area contributed by atoms with Crippen molar-refractivity contribution in [1.29, 1.82) is 0 Å². The predicted octanol–water partition coefficient (Wildman–Crippen LogP) is 0.0973. The number of nitrogens with two attached hydrogens (primary N) is 1. The van der Waals surface area contributed by atoms with Gasteiger partial charge < -0.3 is 15.2 Å². The minimum absolute atomic E-state index is 0.342. The van der Waals surface area contributed by atoms with Gasteiger partial charge in [0.25, 0.3) is 0 Å². The molecule has 0 heterocycles. The minimum atomic E-state index is 0.342. The zero-order valence-corrected chi connectivity index (χ0v) is 8.69. The van der Waals surface area contributed by atoms with Crippen LogP contribution in [0, 0.1) is 0 Å². The minimum Gasteiger partial charge on any atom is -0.380 e. The number of nitrogens with zero attached hydrogens (tertiary/aromatic N) is 2. The zero-order valence-electron chi connectivity index (χ0n) is 8.69. The van der Waals surface area contributed by atoms with Crippen LogP contribution in [-0.2, 0) is 9.47 Å². The molecule has 2 N–H and O–H groups in total. The molecule has 0 radical (unpaired) electrons. The molecule has 0 rings (SSSR count). The Bertz CT molecular complexity index is 142. The first-order chi connectivity index (χ1) is 6.91. The van der Waals surface area contributed by atoms with E-state index < -0.39 is 0 Å². The van der Waals surface area contributed by atoms with Crippen LogP contribution in [0.5, 0.6) is 0 Å². The van der Waals surface area contributed by atoms with Crippen LogP contribution in [0.3, 0.4) is 0 Å². The average Bonchev–Trinajstić information content (AvgIpc) is 2.21. The van der Waals surface area contributed by atoms with E-state index >= 15 is 0 Å². The first kappa shape index (κ1) is 13.2. The van der Waals surface area contributed by atoms with Crippen molar-refractivity contribution in [3.8, 4) is 0 Å². The lowest BCUT2D eigenvalue weighted by atomic mass is 10.7. The van der Waals surface area contributed by atoms with Gasteiger partial charge in [-0.3, -0.25) is 9.98 Å². The summed E-state index contributed by atoms with van der Waals surface area (Å²) in [6.45, 7) is 5.43. The Morgan fingerprint density at radius 1 is 1.14 bits per heavy atom. The second-order valence-electron chi connectivity index (χ2n) is 2.41. The standard InChI is InChI=1S/C9H19N3O2/c1-2-13-8-6-11-4-5-12-9-14-7-3-10/h4-5H,2-3,6-10H2,1H3. The Hall–Kier alpha value is -0.780. The third kappa shape index (κ3) is 11.2. The summed E-state index contributed by atoms with van der Waals surface area (Å²) in [6, 6.07) is 0. The van der Waals surface area contributed by atoms with Gasteiger partial charge in [-0.15, -0.1) is 0 Å². The molecule has 0 spiro atoms. The Balaban J connectivity index is 3.15. The topological polar surface area (TPSA) is 69.2 Å². The van der Waals surface area contributed by atoms with E-state index in [0.29, 0.717) is 33.0 Å². The number of ether oxygens (including phenoxy) is 2. The second-order valence-corrected chi connectivity index (χ2v) is 2.41. The van der Waals surface area contributed by atoms with Gasteiger partial charge in [-0.2, -0.15) is 0 Å². The summed E-state index contributed by atoms with van der Waals surface area (Å²) in [7, 11) is 0. The van der Waals surface area contributed by atoms with Crippen LogP contribution < -0.4 is 5.73 Å². The molecular weight excluding hydrogens is 182 g/mol. The molecule has 14 heavy (non-hydrogen) atoms. The lowest BCUT2D eigenvalue weighted by Gasteiger charge is -1.95. The first-order valence-electron chi connectivity index (χ1n) is 4.75. The van der Waals surface area contributed by atoms with Crippen LogP contribution in [0.2, 0.25) is 0 Å². The average molecular weight is 201 g/mol. The van der Waals surface area contributed by atoms with E-state index in [-0.39, 0.29) is 0 Å². The van der Waals surface area contributed by atoms with Crippen molar-refractivity contribution >= 4 is 12.4 Å². The molecule has 5 nitrogen and oxygen atoms in total. The number of hydrogen-bond donors (Lipinski definition) is 1. The fourth-order valence-corrected chi connectivity index (χ4v) is 0.674. The van der Waals surface area contributed by atoms with E-state index in [1.54, 1.807) is 12.4 Å². The third-order valence-corrected chi connectivity index (χ3v) is 1.27. The highest BCUT2D eigenvalue weighted by atomic mass is 16.5. The van der Waals surface area contributed by atoms with Crippen LogP contribution in [0.1, 0.15) is 6.92 Å². The van der Waals surface area contributed by atoms with Crippen LogP contribution >= 0.6 is 0 Å². The molecule has 0 aromatic rings. The summed E-state index contributed by atoms with van der Waals surface area (Å²) >= 11 is 0. The van der Waals surface area contributed by atoms with Gasteiger partial charge >= 0.3 is 0 Å². The maximum absolute atomic E-state index is 5.22. The van der Waals surface area contributed by atoms with Crippen LogP contribution in [0.15, 0.2) is 9.98 Å². The van der Waals surface area contributed by atoms with Crippen molar-refractivity contribution in [2.45, 2.75) is 6.92 Å². The molecule has 0 aliphatic rings. The number of rotatable bonds is 9. The van der Waals surface area contributed by atoms with Gasteiger partial charge in [-0.1, -0.05) is 0 Å². The monoisotopic (exact) mass is 201 g/mol. The highest BCUT2D eigenvalue weighted by Crippen LogP contribution is 1.75. The van der Waals surface area contributed by atoms with Crippen LogP contribution in [-0.4, -0.2) is 52.1 Å². The molecule has 5 heteroatoms. The molecule has 0 aliphatic heterocycles. The van der Waals surface area contributed by atoms with Crippen LogP contribution in [0.4, 0.5) is 0 Å². The van der Waals surface area contributed by atoms with Gasteiger partial charge in [0, 0.05) is 25.6 Å². The van der Waals surface area contributed by atoms with Crippen molar-refractivity contribution in [3.05, 3.63) is 0 Å². The molecule has 0 amide bonds. The summed E-state index contributed by atoms with van der Waals surface area (Å²) in [6.07, 6.45) is 3.26. The van der Waals surface area contributed by atoms with E-state index in [1.807, 2.05) is 6.92 Å².